The summed E-state index contributed by atoms with van der Waals surface area (Å²) in [6.07, 6.45) is 1.79. The molecule has 7 heteroatoms. The van der Waals surface area contributed by atoms with E-state index in [4.69, 9.17) is 9.15 Å². The lowest BCUT2D eigenvalue weighted by Crippen LogP contribution is -2.10. The molecule has 3 rings (SSSR count). The minimum absolute atomic E-state index is 0.0772. The summed E-state index contributed by atoms with van der Waals surface area (Å²) in [5, 5.41) is 1.96. The number of rotatable bonds is 6. The van der Waals surface area contributed by atoms with Gasteiger partial charge in [-0.25, -0.2) is 9.97 Å². The standard InChI is InChI=1S/C18H19N3O3S/c1-4-23-16(22)10-13-17(14-6-5-9-25-14)24-18(20-13)12-7-8-15(19-11-12)21(2)3/h5-9,11H,4,10H2,1-3H3. The number of anilines is 1. The molecule has 3 aromatic heterocycles. The summed E-state index contributed by atoms with van der Waals surface area (Å²) < 4.78 is 11.0. The lowest BCUT2D eigenvalue weighted by atomic mass is 10.2. The molecule has 0 radical (unpaired) electrons. The molecule has 0 aliphatic carbocycles. The van der Waals surface area contributed by atoms with Crippen molar-refractivity contribution in [2.24, 2.45) is 0 Å². The molecule has 0 bridgehead atoms. The van der Waals surface area contributed by atoms with E-state index in [-0.39, 0.29) is 12.4 Å². The fourth-order valence-electron chi connectivity index (χ4n) is 2.32. The Bertz CT molecular complexity index is 839. The molecule has 3 aromatic rings. The van der Waals surface area contributed by atoms with Gasteiger partial charge >= 0.3 is 5.97 Å². The van der Waals surface area contributed by atoms with E-state index in [0.29, 0.717) is 24.0 Å². The number of ether oxygens (including phenoxy) is 1. The molecule has 0 fully saturated rings. The van der Waals surface area contributed by atoms with Crippen LogP contribution in [0.1, 0.15) is 12.6 Å². The van der Waals surface area contributed by atoms with Gasteiger partial charge in [0.15, 0.2) is 5.76 Å². The molecular weight excluding hydrogens is 338 g/mol. The fraction of sp³-hybridized carbons (Fsp3) is 0.278. The zero-order valence-corrected chi connectivity index (χ0v) is 15.2. The van der Waals surface area contributed by atoms with Gasteiger partial charge in [0, 0.05) is 20.3 Å². The molecule has 0 unspecified atom stereocenters. The van der Waals surface area contributed by atoms with Crippen molar-refractivity contribution < 1.29 is 13.9 Å². The molecule has 0 aliphatic rings. The number of nitrogens with zero attached hydrogens (tertiary/aromatic N) is 3. The third kappa shape index (κ3) is 3.88. The van der Waals surface area contributed by atoms with Gasteiger partial charge in [-0.3, -0.25) is 4.79 Å². The predicted octanol–water partition coefficient (Wildman–Crippen LogP) is 3.64. The molecule has 3 heterocycles. The average Bonchev–Trinajstić information content (AvgIpc) is 3.24. The number of hydrogen-bond donors (Lipinski definition) is 0. The first-order chi connectivity index (χ1) is 12.1. The van der Waals surface area contributed by atoms with Crippen LogP contribution in [-0.2, 0) is 16.0 Å². The van der Waals surface area contributed by atoms with Gasteiger partial charge in [-0.15, -0.1) is 11.3 Å². The highest BCUT2D eigenvalue weighted by molar-refractivity contribution is 7.13. The second-order valence-corrected chi connectivity index (χ2v) is 6.50. The monoisotopic (exact) mass is 357 g/mol. The number of hydrogen-bond acceptors (Lipinski definition) is 7. The van der Waals surface area contributed by atoms with E-state index in [1.54, 1.807) is 13.1 Å². The molecular formula is C18H19N3O3S. The quantitative estimate of drug-likeness (QED) is 0.628. The zero-order valence-electron chi connectivity index (χ0n) is 14.4. The Hall–Kier alpha value is -2.67. The number of carbonyl (C=O) groups excluding carboxylic acids is 1. The summed E-state index contributed by atoms with van der Waals surface area (Å²) >= 11 is 1.54. The summed E-state index contributed by atoms with van der Waals surface area (Å²) in [6.45, 7) is 2.12. The second-order valence-electron chi connectivity index (χ2n) is 5.55. The maximum atomic E-state index is 11.9. The molecule has 0 saturated heterocycles. The van der Waals surface area contributed by atoms with Crippen molar-refractivity contribution in [1.82, 2.24) is 9.97 Å². The maximum absolute atomic E-state index is 11.9. The van der Waals surface area contributed by atoms with E-state index in [9.17, 15) is 4.79 Å². The van der Waals surface area contributed by atoms with E-state index in [1.165, 1.54) is 11.3 Å². The van der Waals surface area contributed by atoms with E-state index >= 15 is 0 Å². The molecule has 0 N–H and O–H groups in total. The first kappa shape index (κ1) is 17.2. The minimum atomic E-state index is -0.318. The molecule has 6 nitrogen and oxygen atoms in total. The van der Waals surface area contributed by atoms with Crippen LogP contribution >= 0.6 is 11.3 Å². The smallest absolute Gasteiger partial charge is 0.312 e. The lowest BCUT2D eigenvalue weighted by Gasteiger charge is -2.10. The summed E-state index contributed by atoms with van der Waals surface area (Å²) in [4.78, 5) is 23.6. The highest BCUT2D eigenvalue weighted by Gasteiger charge is 2.20. The number of pyridine rings is 1. The van der Waals surface area contributed by atoms with Crippen molar-refractivity contribution in [1.29, 1.82) is 0 Å². The molecule has 0 atom stereocenters. The number of thiophene rings is 1. The van der Waals surface area contributed by atoms with Crippen LogP contribution in [0.3, 0.4) is 0 Å². The van der Waals surface area contributed by atoms with E-state index in [1.807, 2.05) is 48.6 Å². The van der Waals surface area contributed by atoms with Gasteiger partial charge in [0.1, 0.15) is 5.82 Å². The first-order valence-corrected chi connectivity index (χ1v) is 8.79. The number of carbonyl (C=O) groups is 1. The fourth-order valence-corrected chi connectivity index (χ4v) is 3.05. The van der Waals surface area contributed by atoms with Crippen LogP contribution < -0.4 is 4.90 Å². The van der Waals surface area contributed by atoms with Crippen molar-refractivity contribution in [3.63, 3.8) is 0 Å². The summed E-state index contributed by atoms with van der Waals surface area (Å²) in [5.74, 6) is 1.58. The zero-order chi connectivity index (χ0) is 17.8. The molecule has 0 spiro atoms. The highest BCUT2D eigenvalue weighted by Crippen LogP contribution is 2.33. The van der Waals surface area contributed by atoms with E-state index < -0.39 is 0 Å². The Labute approximate surface area is 150 Å². The van der Waals surface area contributed by atoms with Crippen molar-refractivity contribution in [2.45, 2.75) is 13.3 Å². The van der Waals surface area contributed by atoms with Gasteiger partial charge in [0.25, 0.3) is 0 Å². The maximum Gasteiger partial charge on any atom is 0.312 e. The Morgan fingerprint density at radius 3 is 2.76 bits per heavy atom. The molecule has 0 aromatic carbocycles. The van der Waals surface area contributed by atoms with Gasteiger partial charge in [0.05, 0.1) is 29.2 Å². The molecule has 0 saturated carbocycles. The number of aromatic nitrogens is 2. The van der Waals surface area contributed by atoms with Crippen LogP contribution in [0.5, 0.6) is 0 Å². The Morgan fingerprint density at radius 1 is 1.32 bits per heavy atom. The van der Waals surface area contributed by atoms with Gasteiger partial charge in [-0.1, -0.05) is 6.07 Å². The van der Waals surface area contributed by atoms with Crippen molar-refractivity contribution in [3.05, 3.63) is 41.5 Å². The SMILES string of the molecule is CCOC(=O)Cc1nc(-c2ccc(N(C)C)nc2)oc1-c1cccs1. The van der Waals surface area contributed by atoms with Gasteiger partial charge in [-0.2, -0.15) is 0 Å². The largest absolute Gasteiger partial charge is 0.466 e. The van der Waals surface area contributed by atoms with Gasteiger partial charge in [0.2, 0.25) is 5.89 Å². The van der Waals surface area contributed by atoms with Crippen molar-refractivity contribution >= 4 is 23.1 Å². The number of oxazole rings is 1. The Morgan fingerprint density at radius 2 is 2.16 bits per heavy atom. The van der Waals surface area contributed by atoms with Crippen LogP contribution in [0.15, 0.2) is 40.3 Å². The lowest BCUT2D eigenvalue weighted by molar-refractivity contribution is -0.142. The Balaban J connectivity index is 1.96. The van der Waals surface area contributed by atoms with Gasteiger partial charge < -0.3 is 14.1 Å². The summed E-state index contributed by atoms with van der Waals surface area (Å²) in [7, 11) is 3.86. The highest BCUT2D eigenvalue weighted by atomic mass is 32.1. The Kier molecular flexibility index (Phi) is 5.14. The second kappa shape index (κ2) is 7.48. The van der Waals surface area contributed by atoms with Gasteiger partial charge in [-0.05, 0) is 30.5 Å². The third-order valence-corrected chi connectivity index (χ3v) is 4.38. The molecule has 25 heavy (non-hydrogen) atoms. The molecule has 130 valence electrons. The topological polar surface area (TPSA) is 68.5 Å². The predicted molar refractivity (Wildman–Crippen MR) is 97.7 cm³/mol. The summed E-state index contributed by atoms with van der Waals surface area (Å²) in [5.41, 5.74) is 1.34. The van der Waals surface area contributed by atoms with Crippen LogP contribution in [0.25, 0.3) is 22.1 Å². The van der Waals surface area contributed by atoms with Crippen LogP contribution in [-0.4, -0.2) is 36.6 Å². The van der Waals surface area contributed by atoms with E-state index in [0.717, 1.165) is 16.3 Å². The average molecular weight is 357 g/mol. The minimum Gasteiger partial charge on any atom is -0.466 e. The molecule has 0 aliphatic heterocycles. The number of esters is 1. The van der Waals surface area contributed by atoms with Crippen LogP contribution in [0.4, 0.5) is 5.82 Å². The van der Waals surface area contributed by atoms with Crippen LogP contribution in [0.2, 0.25) is 0 Å². The van der Waals surface area contributed by atoms with Crippen molar-refractivity contribution in [2.75, 3.05) is 25.6 Å². The van der Waals surface area contributed by atoms with Crippen molar-refractivity contribution in [3.8, 4) is 22.1 Å². The first-order valence-electron chi connectivity index (χ1n) is 7.91. The van der Waals surface area contributed by atoms with Crippen LogP contribution in [0, 0.1) is 0 Å². The molecule has 0 amide bonds. The normalized spacial score (nSPS) is 10.7. The summed E-state index contributed by atoms with van der Waals surface area (Å²) in [6, 6.07) is 7.68. The van der Waals surface area contributed by atoms with E-state index in [2.05, 4.69) is 9.97 Å². The third-order valence-electron chi connectivity index (χ3n) is 3.51.